The summed E-state index contributed by atoms with van der Waals surface area (Å²) in [7, 11) is 1.38. The van der Waals surface area contributed by atoms with E-state index in [1.807, 2.05) is 17.0 Å². The highest BCUT2D eigenvalue weighted by molar-refractivity contribution is 5.89. The minimum absolute atomic E-state index is 0.154. The molecule has 1 fully saturated rings. The van der Waals surface area contributed by atoms with Crippen LogP contribution in [0.15, 0.2) is 24.3 Å². The van der Waals surface area contributed by atoms with Gasteiger partial charge in [0.2, 0.25) is 5.91 Å². The Balaban J connectivity index is 1.94. The minimum atomic E-state index is -0.322. The number of benzene rings is 1. The summed E-state index contributed by atoms with van der Waals surface area (Å²) < 4.78 is 4.71. The first-order valence-corrected chi connectivity index (χ1v) is 8.32. The van der Waals surface area contributed by atoms with Crippen LogP contribution >= 0.6 is 0 Å². The van der Waals surface area contributed by atoms with Crippen LogP contribution in [0.25, 0.3) is 0 Å². The second-order valence-electron chi connectivity index (χ2n) is 5.86. The van der Waals surface area contributed by atoms with Crippen molar-refractivity contribution >= 4 is 17.6 Å². The van der Waals surface area contributed by atoms with Gasteiger partial charge in [0.15, 0.2) is 0 Å². The van der Waals surface area contributed by atoms with Crippen molar-refractivity contribution in [2.75, 3.05) is 38.2 Å². The van der Waals surface area contributed by atoms with Gasteiger partial charge in [-0.25, -0.2) is 4.79 Å². The van der Waals surface area contributed by atoms with E-state index in [0.29, 0.717) is 5.56 Å². The molecule has 2 rings (SSSR count). The molecule has 0 radical (unpaired) electrons. The maximum absolute atomic E-state index is 12.4. The fourth-order valence-corrected chi connectivity index (χ4v) is 3.01. The molecule has 0 unspecified atom stereocenters. The molecule has 1 saturated heterocycles. The molecule has 23 heavy (non-hydrogen) atoms. The van der Waals surface area contributed by atoms with Gasteiger partial charge in [0, 0.05) is 37.8 Å². The molecular weight excluding hydrogens is 292 g/mol. The van der Waals surface area contributed by atoms with Crippen LogP contribution in [0.4, 0.5) is 5.69 Å². The van der Waals surface area contributed by atoms with Gasteiger partial charge in [-0.1, -0.05) is 13.8 Å². The quantitative estimate of drug-likeness (QED) is 0.783. The van der Waals surface area contributed by atoms with Crippen LogP contribution in [-0.4, -0.2) is 50.1 Å². The molecule has 1 aromatic carbocycles. The standard InChI is InChI=1S/C18H26N2O3/c1-4-14(5-2)17(21)20-12-10-19(11-13-20)16-8-6-15(7-9-16)18(22)23-3/h6-9,14H,4-5,10-13H2,1-3H3. The van der Waals surface area contributed by atoms with E-state index in [9.17, 15) is 9.59 Å². The molecule has 1 aromatic rings. The van der Waals surface area contributed by atoms with Gasteiger partial charge in [-0.05, 0) is 37.1 Å². The van der Waals surface area contributed by atoms with Crippen molar-refractivity contribution in [3.8, 4) is 0 Å². The molecule has 0 saturated carbocycles. The van der Waals surface area contributed by atoms with Crippen LogP contribution in [-0.2, 0) is 9.53 Å². The average molecular weight is 318 g/mol. The molecule has 1 amide bonds. The van der Waals surface area contributed by atoms with Crippen molar-refractivity contribution in [2.45, 2.75) is 26.7 Å². The number of piperazine rings is 1. The maximum atomic E-state index is 12.4. The Labute approximate surface area is 138 Å². The number of carbonyl (C=O) groups is 2. The van der Waals surface area contributed by atoms with E-state index in [1.54, 1.807) is 12.1 Å². The van der Waals surface area contributed by atoms with E-state index in [2.05, 4.69) is 18.7 Å². The van der Waals surface area contributed by atoms with E-state index in [1.165, 1.54) is 7.11 Å². The van der Waals surface area contributed by atoms with E-state index in [0.717, 1.165) is 44.7 Å². The molecule has 0 atom stereocenters. The van der Waals surface area contributed by atoms with Crippen molar-refractivity contribution < 1.29 is 14.3 Å². The lowest BCUT2D eigenvalue weighted by atomic mass is 10.0. The van der Waals surface area contributed by atoms with E-state index in [-0.39, 0.29) is 17.8 Å². The van der Waals surface area contributed by atoms with Gasteiger partial charge in [-0.2, -0.15) is 0 Å². The number of methoxy groups -OCH3 is 1. The summed E-state index contributed by atoms with van der Waals surface area (Å²) in [6.45, 7) is 7.31. The Morgan fingerprint density at radius 2 is 1.61 bits per heavy atom. The van der Waals surface area contributed by atoms with Gasteiger partial charge in [0.05, 0.1) is 12.7 Å². The van der Waals surface area contributed by atoms with Crippen LogP contribution in [0.1, 0.15) is 37.0 Å². The lowest BCUT2D eigenvalue weighted by molar-refractivity contribution is -0.136. The first-order chi connectivity index (χ1) is 11.1. The molecule has 5 nitrogen and oxygen atoms in total. The number of rotatable bonds is 5. The highest BCUT2D eigenvalue weighted by Gasteiger charge is 2.25. The number of esters is 1. The number of amides is 1. The fraction of sp³-hybridized carbons (Fsp3) is 0.556. The van der Waals surface area contributed by atoms with Crippen molar-refractivity contribution in [2.24, 2.45) is 5.92 Å². The minimum Gasteiger partial charge on any atom is -0.465 e. The van der Waals surface area contributed by atoms with E-state index < -0.39 is 0 Å². The maximum Gasteiger partial charge on any atom is 0.337 e. The molecule has 126 valence electrons. The van der Waals surface area contributed by atoms with Gasteiger partial charge in [0.25, 0.3) is 0 Å². The predicted octanol–water partition coefficient (Wildman–Crippen LogP) is 2.56. The van der Waals surface area contributed by atoms with E-state index in [4.69, 9.17) is 4.74 Å². The molecular formula is C18H26N2O3. The number of hydrogen-bond acceptors (Lipinski definition) is 4. The number of carbonyl (C=O) groups excluding carboxylic acids is 2. The summed E-state index contributed by atoms with van der Waals surface area (Å²) in [5.74, 6) is 0.119. The van der Waals surface area contributed by atoms with Gasteiger partial charge in [-0.3, -0.25) is 4.79 Å². The van der Waals surface area contributed by atoms with Gasteiger partial charge >= 0.3 is 5.97 Å². The molecule has 1 heterocycles. The second kappa shape index (κ2) is 7.99. The summed E-state index contributed by atoms with van der Waals surface area (Å²) in [5.41, 5.74) is 1.63. The Hall–Kier alpha value is -2.04. The average Bonchev–Trinajstić information content (AvgIpc) is 2.62. The Kier molecular flexibility index (Phi) is 6.02. The number of nitrogens with zero attached hydrogens (tertiary/aromatic N) is 2. The van der Waals surface area contributed by atoms with Crippen LogP contribution in [0, 0.1) is 5.92 Å². The van der Waals surface area contributed by atoms with Crippen molar-refractivity contribution in [3.05, 3.63) is 29.8 Å². The highest BCUT2D eigenvalue weighted by atomic mass is 16.5. The van der Waals surface area contributed by atoms with Crippen molar-refractivity contribution in [1.82, 2.24) is 4.90 Å². The summed E-state index contributed by atoms with van der Waals surface area (Å²) in [6, 6.07) is 7.43. The lowest BCUT2D eigenvalue weighted by Crippen LogP contribution is -2.50. The van der Waals surface area contributed by atoms with Crippen LogP contribution < -0.4 is 4.90 Å². The SMILES string of the molecule is CCC(CC)C(=O)N1CCN(c2ccc(C(=O)OC)cc2)CC1. The van der Waals surface area contributed by atoms with E-state index >= 15 is 0 Å². The Bertz CT molecular complexity index is 530. The normalized spacial score (nSPS) is 15.0. The van der Waals surface area contributed by atoms with Gasteiger partial charge < -0.3 is 14.5 Å². The first kappa shape index (κ1) is 17.3. The van der Waals surface area contributed by atoms with Gasteiger partial charge in [0.1, 0.15) is 0 Å². The number of anilines is 1. The summed E-state index contributed by atoms with van der Waals surface area (Å²) in [4.78, 5) is 28.1. The molecule has 0 aromatic heterocycles. The smallest absolute Gasteiger partial charge is 0.337 e. The predicted molar refractivity (Wildman–Crippen MR) is 90.6 cm³/mol. The van der Waals surface area contributed by atoms with Crippen LogP contribution in [0.3, 0.4) is 0 Å². The summed E-state index contributed by atoms with van der Waals surface area (Å²) in [6.07, 6.45) is 1.81. The monoisotopic (exact) mass is 318 g/mol. The number of hydrogen-bond donors (Lipinski definition) is 0. The zero-order valence-corrected chi connectivity index (χ0v) is 14.2. The molecule has 0 bridgehead atoms. The summed E-state index contributed by atoms with van der Waals surface area (Å²) >= 11 is 0. The lowest BCUT2D eigenvalue weighted by Gasteiger charge is -2.37. The molecule has 5 heteroatoms. The largest absolute Gasteiger partial charge is 0.465 e. The molecule has 0 spiro atoms. The Morgan fingerprint density at radius 1 is 1.04 bits per heavy atom. The molecule has 0 N–H and O–H groups in total. The zero-order valence-electron chi connectivity index (χ0n) is 14.2. The van der Waals surface area contributed by atoms with Crippen molar-refractivity contribution in [1.29, 1.82) is 0 Å². The Morgan fingerprint density at radius 3 is 2.09 bits per heavy atom. The van der Waals surface area contributed by atoms with Gasteiger partial charge in [-0.15, -0.1) is 0 Å². The third-order valence-corrected chi connectivity index (χ3v) is 4.58. The topological polar surface area (TPSA) is 49.9 Å². The van der Waals surface area contributed by atoms with Crippen LogP contribution in [0.2, 0.25) is 0 Å². The molecule has 0 aliphatic carbocycles. The van der Waals surface area contributed by atoms with Crippen molar-refractivity contribution in [3.63, 3.8) is 0 Å². The number of ether oxygens (including phenoxy) is 1. The third kappa shape index (κ3) is 4.03. The van der Waals surface area contributed by atoms with Crippen LogP contribution in [0.5, 0.6) is 0 Å². The first-order valence-electron chi connectivity index (χ1n) is 8.32. The highest BCUT2D eigenvalue weighted by Crippen LogP contribution is 2.19. The zero-order chi connectivity index (χ0) is 16.8. The second-order valence-corrected chi connectivity index (χ2v) is 5.86. The fourth-order valence-electron chi connectivity index (χ4n) is 3.01. The molecule has 1 aliphatic heterocycles. The third-order valence-electron chi connectivity index (χ3n) is 4.58. The summed E-state index contributed by atoms with van der Waals surface area (Å²) in [5, 5.41) is 0. The molecule has 1 aliphatic rings.